The van der Waals surface area contributed by atoms with Crippen LogP contribution in [-0.2, 0) is 0 Å². The number of halogens is 1. The van der Waals surface area contributed by atoms with Gasteiger partial charge < -0.3 is 4.40 Å². The number of benzene rings is 1. The molecule has 0 unspecified atom stereocenters. The summed E-state index contributed by atoms with van der Waals surface area (Å²) < 4.78 is 2.07. The van der Waals surface area contributed by atoms with Gasteiger partial charge in [0, 0.05) is 27.9 Å². The molecule has 0 radical (unpaired) electrons. The van der Waals surface area contributed by atoms with Gasteiger partial charge in [0.1, 0.15) is 5.65 Å². The molecule has 0 saturated carbocycles. The third kappa shape index (κ3) is 2.62. The molecular weight excluding hydrogens is 276 g/mol. The molecule has 0 spiro atoms. The van der Waals surface area contributed by atoms with Crippen LogP contribution in [0.2, 0.25) is 5.02 Å². The van der Waals surface area contributed by atoms with Gasteiger partial charge in [-0.15, -0.1) is 11.8 Å². The van der Waals surface area contributed by atoms with Crippen molar-refractivity contribution < 1.29 is 0 Å². The lowest BCUT2D eigenvalue weighted by Crippen LogP contribution is -1.83. The first-order chi connectivity index (χ1) is 9.26. The highest BCUT2D eigenvalue weighted by atomic mass is 35.5. The number of hydrogen-bond donors (Lipinski definition) is 0. The van der Waals surface area contributed by atoms with Gasteiger partial charge in [0.2, 0.25) is 0 Å². The number of thioether (sulfide) groups is 1. The van der Waals surface area contributed by atoms with E-state index in [-0.39, 0.29) is 0 Å². The number of aromatic nitrogens is 2. The summed E-state index contributed by atoms with van der Waals surface area (Å²) in [5.74, 6) is 1.07. The van der Waals surface area contributed by atoms with Gasteiger partial charge in [-0.05, 0) is 30.0 Å². The molecule has 2 aromatic heterocycles. The Bertz CT molecular complexity index is 704. The Labute approximate surface area is 121 Å². The minimum absolute atomic E-state index is 0.745. The standard InChI is InChI=1S/C15H13ClN2S/c1-2-19-13-7-8-15-17-14(10-18(15)9-13)11-3-5-12(16)6-4-11/h3-10H,2H2,1H3. The number of rotatable bonds is 3. The number of imidazole rings is 1. The normalized spacial score (nSPS) is 11.1. The van der Waals surface area contributed by atoms with Crippen LogP contribution in [0, 0.1) is 0 Å². The first kappa shape index (κ1) is 12.6. The summed E-state index contributed by atoms with van der Waals surface area (Å²) >= 11 is 7.74. The Morgan fingerprint density at radius 3 is 2.63 bits per heavy atom. The predicted octanol–water partition coefficient (Wildman–Crippen LogP) is 4.77. The summed E-state index contributed by atoms with van der Waals surface area (Å²) in [7, 11) is 0. The molecule has 2 heterocycles. The number of nitrogens with zero attached hydrogens (tertiary/aromatic N) is 2. The van der Waals surface area contributed by atoms with Crippen molar-refractivity contribution in [3.8, 4) is 11.3 Å². The van der Waals surface area contributed by atoms with Gasteiger partial charge in [0.15, 0.2) is 0 Å². The van der Waals surface area contributed by atoms with E-state index in [0.717, 1.165) is 27.7 Å². The second-order valence-electron chi connectivity index (χ2n) is 4.20. The van der Waals surface area contributed by atoms with Crippen LogP contribution in [0.15, 0.2) is 53.7 Å². The van der Waals surface area contributed by atoms with Gasteiger partial charge in [-0.2, -0.15) is 0 Å². The molecule has 0 aliphatic rings. The highest BCUT2D eigenvalue weighted by Crippen LogP contribution is 2.23. The van der Waals surface area contributed by atoms with Crippen LogP contribution in [0.5, 0.6) is 0 Å². The van der Waals surface area contributed by atoms with Gasteiger partial charge in [-0.1, -0.05) is 30.7 Å². The van der Waals surface area contributed by atoms with Gasteiger partial charge >= 0.3 is 0 Å². The minimum atomic E-state index is 0.745. The van der Waals surface area contributed by atoms with E-state index in [1.807, 2.05) is 36.0 Å². The molecule has 0 saturated heterocycles. The molecule has 0 aliphatic carbocycles. The van der Waals surface area contributed by atoms with Crippen molar-refractivity contribution in [2.45, 2.75) is 11.8 Å². The second-order valence-corrected chi connectivity index (χ2v) is 5.97. The first-order valence-corrected chi connectivity index (χ1v) is 7.50. The highest BCUT2D eigenvalue weighted by Gasteiger charge is 2.05. The fraction of sp³-hybridized carbons (Fsp3) is 0.133. The van der Waals surface area contributed by atoms with E-state index in [9.17, 15) is 0 Å². The predicted molar refractivity (Wildman–Crippen MR) is 82.0 cm³/mol. The SMILES string of the molecule is CCSc1ccc2nc(-c3ccc(Cl)cc3)cn2c1. The molecule has 96 valence electrons. The molecule has 3 rings (SSSR count). The maximum atomic E-state index is 5.90. The minimum Gasteiger partial charge on any atom is -0.305 e. The van der Waals surface area contributed by atoms with E-state index in [1.54, 1.807) is 0 Å². The summed E-state index contributed by atoms with van der Waals surface area (Å²) in [4.78, 5) is 5.88. The maximum absolute atomic E-state index is 5.90. The Hall–Kier alpha value is -1.45. The largest absolute Gasteiger partial charge is 0.305 e. The molecule has 0 amide bonds. The van der Waals surface area contributed by atoms with Crippen LogP contribution in [0.3, 0.4) is 0 Å². The molecule has 0 aliphatic heterocycles. The number of pyridine rings is 1. The van der Waals surface area contributed by atoms with E-state index in [4.69, 9.17) is 11.6 Å². The molecule has 19 heavy (non-hydrogen) atoms. The lowest BCUT2D eigenvalue weighted by atomic mass is 10.2. The zero-order valence-electron chi connectivity index (χ0n) is 10.5. The van der Waals surface area contributed by atoms with Crippen molar-refractivity contribution >= 4 is 29.0 Å². The molecule has 0 fully saturated rings. The third-order valence-electron chi connectivity index (χ3n) is 2.87. The summed E-state index contributed by atoms with van der Waals surface area (Å²) in [6.07, 6.45) is 4.17. The fourth-order valence-electron chi connectivity index (χ4n) is 1.98. The van der Waals surface area contributed by atoms with Crippen molar-refractivity contribution in [2.75, 3.05) is 5.75 Å². The Kier molecular flexibility index (Phi) is 3.49. The lowest BCUT2D eigenvalue weighted by Gasteiger charge is -1.98. The summed E-state index contributed by atoms with van der Waals surface area (Å²) in [6.45, 7) is 2.15. The quantitative estimate of drug-likeness (QED) is 0.646. The zero-order valence-corrected chi connectivity index (χ0v) is 12.1. The molecule has 0 atom stereocenters. The smallest absolute Gasteiger partial charge is 0.137 e. The van der Waals surface area contributed by atoms with Crippen molar-refractivity contribution in [1.82, 2.24) is 9.38 Å². The maximum Gasteiger partial charge on any atom is 0.137 e. The van der Waals surface area contributed by atoms with Crippen LogP contribution in [0.1, 0.15) is 6.92 Å². The van der Waals surface area contributed by atoms with Crippen molar-refractivity contribution in [2.24, 2.45) is 0 Å². The Balaban J connectivity index is 2.03. The topological polar surface area (TPSA) is 17.3 Å². The van der Waals surface area contributed by atoms with Crippen LogP contribution < -0.4 is 0 Å². The molecule has 4 heteroatoms. The van der Waals surface area contributed by atoms with Gasteiger partial charge in [0.25, 0.3) is 0 Å². The van der Waals surface area contributed by atoms with Gasteiger partial charge in [-0.25, -0.2) is 4.98 Å². The molecule has 1 aromatic carbocycles. The highest BCUT2D eigenvalue weighted by molar-refractivity contribution is 7.99. The van der Waals surface area contributed by atoms with E-state index in [1.165, 1.54) is 4.90 Å². The summed E-state index contributed by atoms with van der Waals surface area (Å²) in [5, 5.41) is 0.745. The average Bonchev–Trinajstić information content (AvgIpc) is 2.83. The molecular formula is C15H13ClN2S. The van der Waals surface area contributed by atoms with Crippen LogP contribution >= 0.6 is 23.4 Å². The van der Waals surface area contributed by atoms with Crippen molar-refractivity contribution in [3.05, 3.63) is 53.8 Å². The molecule has 2 nitrogen and oxygen atoms in total. The zero-order chi connectivity index (χ0) is 13.2. The second kappa shape index (κ2) is 5.27. The molecule has 3 aromatic rings. The Morgan fingerprint density at radius 1 is 1.11 bits per heavy atom. The van der Waals surface area contributed by atoms with Crippen molar-refractivity contribution in [1.29, 1.82) is 0 Å². The monoisotopic (exact) mass is 288 g/mol. The summed E-state index contributed by atoms with van der Waals surface area (Å²) in [6, 6.07) is 11.9. The molecule has 0 N–H and O–H groups in total. The lowest BCUT2D eigenvalue weighted by molar-refractivity contribution is 1.13. The number of hydrogen-bond acceptors (Lipinski definition) is 2. The molecule has 0 bridgehead atoms. The van der Waals surface area contributed by atoms with Gasteiger partial charge in [0.05, 0.1) is 5.69 Å². The van der Waals surface area contributed by atoms with E-state index < -0.39 is 0 Å². The summed E-state index contributed by atoms with van der Waals surface area (Å²) in [5.41, 5.74) is 3.01. The number of fused-ring (bicyclic) bond motifs is 1. The van der Waals surface area contributed by atoms with Crippen LogP contribution in [0.25, 0.3) is 16.9 Å². The van der Waals surface area contributed by atoms with E-state index in [0.29, 0.717) is 0 Å². The van der Waals surface area contributed by atoms with Crippen LogP contribution in [-0.4, -0.2) is 15.1 Å². The van der Waals surface area contributed by atoms with E-state index in [2.05, 4.69) is 40.8 Å². The van der Waals surface area contributed by atoms with Crippen LogP contribution in [0.4, 0.5) is 0 Å². The Morgan fingerprint density at radius 2 is 1.89 bits per heavy atom. The third-order valence-corrected chi connectivity index (χ3v) is 3.99. The average molecular weight is 289 g/mol. The van der Waals surface area contributed by atoms with Gasteiger partial charge in [-0.3, -0.25) is 0 Å². The fourth-order valence-corrected chi connectivity index (χ4v) is 2.79. The first-order valence-electron chi connectivity index (χ1n) is 6.14. The van der Waals surface area contributed by atoms with E-state index >= 15 is 0 Å². The van der Waals surface area contributed by atoms with Crippen molar-refractivity contribution in [3.63, 3.8) is 0 Å².